The van der Waals surface area contributed by atoms with E-state index in [9.17, 15) is 0 Å². The molecule has 5 heteroatoms. The number of aromatic nitrogens is 2. The lowest BCUT2D eigenvalue weighted by Gasteiger charge is -2.23. The zero-order chi connectivity index (χ0) is 13.3. The lowest BCUT2D eigenvalue weighted by Crippen LogP contribution is -2.36. The molecule has 2 heterocycles. The van der Waals surface area contributed by atoms with Gasteiger partial charge in [0.2, 0.25) is 5.95 Å². The van der Waals surface area contributed by atoms with Crippen LogP contribution in [-0.2, 0) is 0 Å². The highest BCUT2D eigenvalue weighted by Gasteiger charge is 2.34. The SMILES string of the molecule is CS[C@H]1CN(c2nc(C)cc(C)n2)C[C@@H]1N(C)C. The van der Waals surface area contributed by atoms with Gasteiger partial charge < -0.3 is 9.80 Å². The van der Waals surface area contributed by atoms with Gasteiger partial charge in [-0.25, -0.2) is 9.97 Å². The number of thioether (sulfide) groups is 1. The molecule has 0 N–H and O–H groups in total. The smallest absolute Gasteiger partial charge is 0.225 e. The summed E-state index contributed by atoms with van der Waals surface area (Å²) in [6.45, 7) is 6.11. The van der Waals surface area contributed by atoms with Gasteiger partial charge in [-0.15, -0.1) is 0 Å². The molecule has 0 radical (unpaired) electrons. The van der Waals surface area contributed by atoms with Crippen LogP contribution in [0.5, 0.6) is 0 Å². The quantitative estimate of drug-likeness (QED) is 0.829. The lowest BCUT2D eigenvalue weighted by molar-refractivity contribution is 0.320. The van der Waals surface area contributed by atoms with E-state index in [-0.39, 0.29) is 0 Å². The zero-order valence-corrected chi connectivity index (χ0v) is 12.7. The molecule has 4 nitrogen and oxygen atoms in total. The molecule has 0 unspecified atom stereocenters. The van der Waals surface area contributed by atoms with Crippen molar-refractivity contribution in [1.82, 2.24) is 14.9 Å². The standard InChI is InChI=1S/C13H22N4S/c1-9-6-10(2)15-13(14-9)17-7-11(16(3)4)12(8-17)18-5/h6,11-12H,7-8H2,1-5H3/t11-,12-/m0/s1. The highest BCUT2D eigenvalue weighted by atomic mass is 32.2. The van der Waals surface area contributed by atoms with Crippen molar-refractivity contribution in [3.63, 3.8) is 0 Å². The highest BCUT2D eigenvalue weighted by molar-refractivity contribution is 7.99. The van der Waals surface area contributed by atoms with E-state index in [4.69, 9.17) is 0 Å². The van der Waals surface area contributed by atoms with Crippen molar-refractivity contribution >= 4 is 17.7 Å². The second-order valence-electron chi connectivity index (χ2n) is 5.16. The molecule has 1 saturated heterocycles. The average molecular weight is 266 g/mol. The van der Waals surface area contributed by atoms with Gasteiger partial charge in [0, 0.05) is 35.8 Å². The molecule has 1 fully saturated rings. The molecule has 1 aromatic heterocycles. The fraction of sp³-hybridized carbons (Fsp3) is 0.692. The Morgan fingerprint density at radius 3 is 2.28 bits per heavy atom. The molecule has 1 aromatic rings. The van der Waals surface area contributed by atoms with Crippen LogP contribution in [0, 0.1) is 13.8 Å². The molecular formula is C13H22N4S. The first-order valence-electron chi connectivity index (χ1n) is 6.27. The van der Waals surface area contributed by atoms with Crippen molar-refractivity contribution in [3.8, 4) is 0 Å². The van der Waals surface area contributed by atoms with Gasteiger partial charge in [0.15, 0.2) is 0 Å². The van der Waals surface area contributed by atoms with Gasteiger partial charge in [0.05, 0.1) is 0 Å². The first kappa shape index (κ1) is 13.6. The summed E-state index contributed by atoms with van der Waals surface area (Å²) in [6, 6.07) is 2.60. The maximum Gasteiger partial charge on any atom is 0.225 e. The second-order valence-corrected chi connectivity index (χ2v) is 6.24. The molecule has 0 aromatic carbocycles. The summed E-state index contributed by atoms with van der Waals surface area (Å²) in [6.07, 6.45) is 2.19. The Morgan fingerprint density at radius 2 is 1.83 bits per heavy atom. The van der Waals surface area contributed by atoms with Crippen molar-refractivity contribution in [2.45, 2.75) is 25.1 Å². The normalized spacial score (nSPS) is 24.0. The van der Waals surface area contributed by atoms with E-state index in [0.29, 0.717) is 11.3 Å². The van der Waals surface area contributed by atoms with E-state index in [2.05, 4.69) is 40.1 Å². The van der Waals surface area contributed by atoms with Crippen LogP contribution in [0.3, 0.4) is 0 Å². The first-order chi connectivity index (χ1) is 8.51. The van der Waals surface area contributed by atoms with Crippen molar-refractivity contribution in [2.24, 2.45) is 0 Å². The minimum Gasteiger partial charge on any atom is -0.338 e. The molecular weight excluding hydrogens is 244 g/mol. The number of anilines is 1. The molecule has 1 aliphatic rings. The van der Waals surface area contributed by atoms with Crippen LogP contribution in [0.2, 0.25) is 0 Å². The van der Waals surface area contributed by atoms with Gasteiger partial charge >= 0.3 is 0 Å². The molecule has 100 valence electrons. The van der Waals surface area contributed by atoms with E-state index in [1.165, 1.54) is 0 Å². The molecule has 0 amide bonds. The van der Waals surface area contributed by atoms with Crippen LogP contribution in [0.4, 0.5) is 5.95 Å². The summed E-state index contributed by atoms with van der Waals surface area (Å²) >= 11 is 1.94. The molecule has 1 aliphatic heterocycles. The third-order valence-corrected chi connectivity index (χ3v) is 4.53. The summed E-state index contributed by atoms with van der Waals surface area (Å²) in [5, 5.41) is 0.629. The number of hydrogen-bond donors (Lipinski definition) is 0. The van der Waals surface area contributed by atoms with E-state index in [0.717, 1.165) is 30.4 Å². The fourth-order valence-corrected chi connectivity index (χ4v) is 3.47. The van der Waals surface area contributed by atoms with Crippen LogP contribution >= 0.6 is 11.8 Å². The van der Waals surface area contributed by atoms with Gasteiger partial charge in [-0.3, -0.25) is 0 Å². The third kappa shape index (κ3) is 2.78. The maximum atomic E-state index is 4.57. The second kappa shape index (κ2) is 5.45. The van der Waals surface area contributed by atoms with Gasteiger partial charge in [-0.05, 0) is 40.3 Å². The van der Waals surface area contributed by atoms with E-state index in [1.807, 2.05) is 31.7 Å². The molecule has 0 spiro atoms. The number of aryl methyl sites for hydroxylation is 2. The van der Waals surface area contributed by atoms with Crippen molar-refractivity contribution < 1.29 is 0 Å². The van der Waals surface area contributed by atoms with Crippen molar-refractivity contribution in [3.05, 3.63) is 17.5 Å². The summed E-state index contributed by atoms with van der Waals surface area (Å²) in [5.74, 6) is 0.885. The summed E-state index contributed by atoms with van der Waals surface area (Å²) < 4.78 is 0. The summed E-state index contributed by atoms with van der Waals surface area (Å²) in [4.78, 5) is 13.8. The number of hydrogen-bond acceptors (Lipinski definition) is 5. The van der Waals surface area contributed by atoms with Gasteiger partial charge in [-0.2, -0.15) is 11.8 Å². The van der Waals surface area contributed by atoms with Crippen LogP contribution in [0.15, 0.2) is 6.07 Å². The maximum absolute atomic E-state index is 4.57. The molecule has 0 saturated carbocycles. The van der Waals surface area contributed by atoms with E-state index < -0.39 is 0 Å². The largest absolute Gasteiger partial charge is 0.338 e. The Hall–Kier alpha value is -0.810. The summed E-state index contributed by atoms with van der Waals surface area (Å²) in [5.41, 5.74) is 2.10. The molecule has 0 aliphatic carbocycles. The van der Waals surface area contributed by atoms with Crippen LogP contribution < -0.4 is 4.90 Å². The van der Waals surface area contributed by atoms with Gasteiger partial charge in [0.1, 0.15) is 0 Å². The van der Waals surface area contributed by atoms with Crippen LogP contribution in [-0.4, -0.2) is 59.6 Å². The topological polar surface area (TPSA) is 32.3 Å². The molecule has 0 bridgehead atoms. The predicted molar refractivity (Wildman–Crippen MR) is 78.5 cm³/mol. The average Bonchev–Trinajstić information content (AvgIpc) is 2.71. The molecule has 2 atom stereocenters. The number of likely N-dealkylation sites (N-methyl/N-ethyl adjacent to an activating group) is 1. The first-order valence-corrected chi connectivity index (χ1v) is 7.56. The van der Waals surface area contributed by atoms with Crippen molar-refractivity contribution in [1.29, 1.82) is 0 Å². The monoisotopic (exact) mass is 266 g/mol. The number of rotatable bonds is 3. The molecule has 2 rings (SSSR count). The Morgan fingerprint density at radius 1 is 1.22 bits per heavy atom. The number of nitrogens with zero attached hydrogens (tertiary/aromatic N) is 4. The summed E-state index contributed by atoms with van der Waals surface area (Å²) in [7, 11) is 4.31. The minimum atomic E-state index is 0.574. The Kier molecular flexibility index (Phi) is 4.12. The van der Waals surface area contributed by atoms with E-state index in [1.54, 1.807) is 0 Å². The minimum absolute atomic E-state index is 0.574. The van der Waals surface area contributed by atoms with Gasteiger partial charge in [-0.1, -0.05) is 0 Å². The van der Waals surface area contributed by atoms with Crippen LogP contribution in [0.25, 0.3) is 0 Å². The third-order valence-electron chi connectivity index (χ3n) is 3.46. The van der Waals surface area contributed by atoms with Crippen LogP contribution in [0.1, 0.15) is 11.4 Å². The van der Waals surface area contributed by atoms with E-state index >= 15 is 0 Å². The fourth-order valence-electron chi connectivity index (χ4n) is 2.50. The lowest BCUT2D eigenvalue weighted by atomic mass is 10.2. The Balaban J connectivity index is 2.20. The zero-order valence-electron chi connectivity index (χ0n) is 11.8. The molecule has 18 heavy (non-hydrogen) atoms. The highest BCUT2D eigenvalue weighted by Crippen LogP contribution is 2.26. The Bertz CT molecular complexity index is 401. The van der Waals surface area contributed by atoms with Gasteiger partial charge in [0.25, 0.3) is 0 Å². The van der Waals surface area contributed by atoms with Crippen molar-refractivity contribution in [2.75, 3.05) is 38.3 Å². The Labute approximate surface area is 114 Å². The predicted octanol–water partition coefficient (Wildman–Crippen LogP) is 1.58.